The summed E-state index contributed by atoms with van der Waals surface area (Å²) in [6.45, 7) is 7.39. The Morgan fingerprint density at radius 2 is 2.11 bits per heavy atom. The van der Waals surface area contributed by atoms with Gasteiger partial charge in [0.2, 0.25) is 0 Å². The summed E-state index contributed by atoms with van der Waals surface area (Å²) in [6.07, 6.45) is 0.920. The fraction of sp³-hybridized carbons (Fsp3) is 0.562. The fourth-order valence-corrected chi connectivity index (χ4v) is 2.38. The summed E-state index contributed by atoms with van der Waals surface area (Å²) in [5, 5.41) is 0. The van der Waals surface area contributed by atoms with Gasteiger partial charge in [-0.1, -0.05) is 44.2 Å². The maximum atomic E-state index is 11.9. The molecule has 1 fully saturated rings. The number of ether oxygens (including phenoxy) is 1. The van der Waals surface area contributed by atoms with Gasteiger partial charge in [-0.3, -0.25) is 9.69 Å². The van der Waals surface area contributed by atoms with Crippen molar-refractivity contribution in [3.63, 3.8) is 0 Å². The zero-order valence-electron chi connectivity index (χ0n) is 11.8. The molecule has 0 aromatic heterocycles. The van der Waals surface area contributed by atoms with E-state index in [0.717, 1.165) is 26.1 Å². The van der Waals surface area contributed by atoms with Crippen LogP contribution in [0.4, 0.5) is 0 Å². The first-order chi connectivity index (χ1) is 9.15. The molecule has 0 bridgehead atoms. The van der Waals surface area contributed by atoms with Crippen LogP contribution in [-0.4, -0.2) is 30.6 Å². The molecule has 1 aromatic carbocycles. The van der Waals surface area contributed by atoms with Gasteiger partial charge in [-0.15, -0.1) is 0 Å². The van der Waals surface area contributed by atoms with Crippen molar-refractivity contribution in [2.24, 2.45) is 11.8 Å². The van der Waals surface area contributed by atoms with Gasteiger partial charge in [-0.25, -0.2) is 0 Å². The number of benzene rings is 1. The minimum atomic E-state index is -0.0238. The van der Waals surface area contributed by atoms with Crippen LogP contribution in [-0.2, 0) is 16.1 Å². The van der Waals surface area contributed by atoms with E-state index in [2.05, 4.69) is 43.0 Å². The van der Waals surface area contributed by atoms with Crippen LogP contribution in [0.25, 0.3) is 0 Å². The van der Waals surface area contributed by atoms with Gasteiger partial charge in [0.15, 0.2) is 0 Å². The molecule has 0 spiro atoms. The number of carbonyl (C=O) groups excluding carboxylic acids is 1. The maximum Gasteiger partial charge on any atom is 0.310 e. The van der Waals surface area contributed by atoms with Gasteiger partial charge in [-0.05, 0) is 24.4 Å². The summed E-state index contributed by atoms with van der Waals surface area (Å²) < 4.78 is 5.32. The van der Waals surface area contributed by atoms with Gasteiger partial charge in [0.25, 0.3) is 0 Å². The van der Waals surface area contributed by atoms with Gasteiger partial charge < -0.3 is 4.74 Å². The van der Waals surface area contributed by atoms with Crippen molar-refractivity contribution in [2.75, 3.05) is 19.7 Å². The Morgan fingerprint density at radius 3 is 2.79 bits per heavy atom. The Labute approximate surface area is 115 Å². The highest BCUT2D eigenvalue weighted by molar-refractivity contribution is 5.73. The van der Waals surface area contributed by atoms with Crippen LogP contribution in [0.15, 0.2) is 30.3 Å². The largest absolute Gasteiger partial charge is 0.465 e. The van der Waals surface area contributed by atoms with Crippen molar-refractivity contribution in [2.45, 2.75) is 26.8 Å². The molecule has 1 unspecified atom stereocenters. The number of hydrogen-bond acceptors (Lipinski definition) is 3. The summed E-state index contributed by atoms with van der Waals surface area (Å²) in [5.41, 5.74) is 1.30. The van der Waals surface area contributed by atoms with Crippen molar-refractivity contribution < 1.29 is 9.53 Å². The van der Waals surface area contributed by atoms with E-state index in [1.807, 2.05) is 6.07 Å². The Hall–Kier alpha value is -1.35. The number of nitrogens with zero attached hydrogens (tertiary/aromatic N) is 1. The highest BCUT2D eigenvalue weighted by Gasteiger charge is 2.29. The third kappa shape index (κ3) is 4.35. The van der Waals surface area contributed by atoms with E-state index in [0.29, 0.717) is 12.5 Å². The van der Waals surface area contributed by atoms with Gasteiger partial charge in [0.05, 0.1) is 12.5 Å². The summed E-state index contributed by atoms with van der Waals surface area (Å²) in [6, 6.07) is 10.4. The lowest BCUT2D eigenvalue weighted by Crippen LogP contribution is -2.25. The molecule has 0 radical (unpaired) electrons. The van der Waals surface area contributed by atoms with Crippen LogP contribution < -0.4 is 0 Å². The van der Waals surface area contributed by atoms with Crippen molar-refractivity contribution in [3.05, 3.63) is 35.9 Å². The summed E-state index contributed by atoms with van der Waals surface area (Å²) in [7, 11) is 0. The van der Waals surface area contributed by atoms with E-state index in [1.165, 1.54) is 5.56 Å². The zero-order valence-corrected chi connectivity index (χ0v) is 11.8. The minimum Gasteiger partial charge on any atom is -0.465 e. The molecule has 104 valence electrons. The summed E-state index contributed by atoms with van der Waals surface area (Å²) in [5.74, 6) is 0.442. The van der Waals surface area contributed by atoms with Crippen LogP contribution in [0.2, 0.25) is 0 Å². The van der Waals surface area contributed by atoms with Crippen molar-refractivity contribution in [1.29, 1.82) is 0 Å². The monoisotopic (exact) mass is 261 g/mol. The van der Waals surface area contributed by atoms with Crippen molar-refractivity contribution in [1.82, 2.24) is 4.90 Å². The first-order valence-electron chi connectivity index (χ1n) is 7.08. The molecule has 0 amide bonds. The molecule has 1 heterocycles. The van der Waals surface area contributed by atoms with Crippen molar-refractivity contribution >= 4 is 5.97 Å². The lowest BCUT2D eigenvalue weighted by molar-refractivity contribution is -0.149. The van der Waals surface area contributed by atoms with Gasteiger partial charge in [0.1, 0.15) is 0 Å². The Kier molecular flexibility index (Phi) is 4.97. The van der Waals surface area contributed by atoms with Crippen LogP contribution in [0.5, 0.6) is 0 Å². The lowest BCUT2D eigenvalue weighted by Gasteiger charge is -2.16. The van der Waals surface area contributed by atoms with Crippen LogP contribution in [0.1, 0.15) is 25.8 Å². The maximum absolute atomic E-state index is 11.9. The first kappa shape index (κ1) is 14.1. The number of hydrogen-bond donors (Lipinski definition) is 0. The fourth-order valence-electron chi connectivity index (χ4n) is 2.38. The normalized spacial score (nSPS) is 19.8. The molecule has 19 heavy (non-hydrogen) atoms. The molecule has 0 N–H and O–H groups in total. The molecule has 2 rings (SSSR count). The molecule has 1 atom stereocenters. The van der Waals surface area contributed by atoms with Crippen LogP contribution >= 0.6 is 0 Å². The Bertz CT molecular complexity index is 402. The molecule has 0 saturated carbocycles. The zero-order chi connectivity index (χ0) is 13.7. The highest BCUT2D eigenvalue weighted by Crippen LogP contribution is 2.20. The number of rotatable bonds is 5. The van der Waals surface area contributed by atoms with E-state index < -0.39 is 0 Å². The average Bonchev–Trinajstić information content (AvgIpc) is 2.85. The highest BCUT2D eigenvalue weighted by atomic mass is 16.5. The number of likely N-dealkylation sites (tertiary alicyclic amines) is 1. The van der Waals surface area contributed by atoms with E-state index >= 15 is 0 Å². The second kappa shape index (κ2) is 6.71. The predicted octanol–water partition coefficient (Wildman–Crippen LogP) is 2.71. The molecule has 1 aliphatic heterocycles. The van der Waals surface area contributed by atoms with Crippen LogP contribution in [0.3, 0.4) is 0 Å². The summed E-state index contributed by atoms with van der Waals surface area (Å²) in [4.78, 5) is 14.2. The molecular weight excluding hydrogens is 238 g/mol. The van der Waals surface area contributed by atoms with Gasteiger partial charge in [0, 0.05) is 13.1 Å². The summed E-state index contributed by atoms with van der Waals surface area (Å²) >= 11 is 0. The van der Waals surface area contributed by atoms with Crippen molar-refractivity contribution in [3.8, 4) is 0 Å². The van der Waals surface area contributed by atoms with Crippen LogP contribution in [0, 0.1) is 11.8 Å². The number of esters is 1. The second-order valence-corrected chi connectivity index (χ2v) is 5.73. The van der Waals surface area contributed by atoms with E-state index in [4.69, 9.17) is 4.74 Å². The van der Waals surface area contributed by atoms with Gasteiger partial charge in [-0.2, -0.15) is 0 Å². The minimum absolute atomic E-state index is 0.0238. The lowest BCUT2D eigenvalue weighted by atomic mass is 10.1. The first-order valence-corrected chi connectivity index (χ1v) is 7.08. The van der Waals surface area contributed by atoms with Gasteiger partial charge >= 0.3 is 5.97 Å². The Balaban J connectivity index is 1.78. The quantitative estimate of drug-likeness (QED) is 0.763. The molecule has 3 heteroatoms. The number of carbonyl (C=O) groups is 1. The SMILES string of the molecule is CC(C)COC(=O)C1CCN(Cc2ccccc2)C1. The predicted molar refractivity (Wildman–Crippen MR) is 75.6 cm³/mol. The molecule has 3 nitrogen and oxygen atoms in total. The molecule has 0 aliphatic carbocycles. The van der Waals surface area contributed by atoms with E-state index in [-0.39, 0.29) is 11.9 Å². The third-order valence-corrected chi connectivity index (χ3v) is 3.41. The molecular formula is C16H23NO2. The van der Waals surface area contributed by atoms with E-state index in [1.54, 1.807) is 0 Å². The molecule has 1 saturated heterocycles. The molecule has 1 aliphatic rings. The third-order valence-electron chi connectivity index (χ3n) is 3.41. The van der Waals surface area contributed by atoms with E-state index in [9.17, 15) is 4.79 Å². The standard InChI is InChI=1S/C16H23NO2/c1-13(2)12-19-16(18)15-8-9-17(11-15)10-14-6-4-3-5-7-14/h3-7,13,15H,8-12H2,1-2H3. The smallest absolute Gasteiger partial charge is 0.310 e. The topological polar surface area (TPSA) is 29.5 Å². The molecule has 1 aromatic rings. The average molecular weight is 261 g/mol. The Morgan fingerprint density at radius 1 is 1.37 bits per heavy atom. The second-order valence-electron chi connectivity index (χ2n) is 5.73.